The highest BCUT2D eigenvalue weighted by molar-refractivity contribution is 7.85. The summed E-state index contributed by atoms with van der Waals surface area (Å²) in [5, 5.41) is 12.6. The molecule has 0 aliphatic rings. The molecule has 0 aliphatic heterocycles. The van der Waals surface area contributed by atoms with Gasteiger partial charge in [-0.1, -0.05) is 38.1 Å². The maximum absolute atomic E-state index is 13.2. The maximum Gasteiger partial charge on any atom is 0.223 e. The van der Waals surface area contributed by atoms with E-state index in [2.05, 4.69) is 12.2 Å². The molecule has 212 valence electrons. The number of hydrogen-bond acceptors (Lipinski definition) is 7. The van der Waals surface area contributed by atoms with E-state index in [4.69, 9.17) is 9.47 Å². The number of aromatic hydroxyl groups is 1. The van der Waals surface area contributed by atoms with Gasteiger partial charge in [-0.3, -0.25) is 4.79 Å². The standard InChI is InChI=1S/C29H43NO7S/c1-7-22(28(32)30-29(5,6)19-38(33,34)35)18-25(24-9-13-26(31)14-10-24)17-20(3)23-11-15-27(16-12-23)37-21(4)36-8-2/h9-16,20-22,25,31H,7-8,17-19H2,1-6H3,(H,30,32)(H,33,34,35)/p-1. The van der Waals surface area contributed by atoms with Crippen LogP contribution in [0.2, 0.25) is 0 Å². The van der Waals surface area contributed by atoms with Crippen molar-refractivity contribution >= 4 is 16.0 Å². The molecule has 0 saturated carbocycles. The zero-order valence-corrected chi connectivity index (χ0v) is 24.1. The van der Waals surface area contributed by atoms with Gasteiger partial charge in [-0.2, -0.15) is 0 Å². The van der Waals surface area contributed by atoms with Gasteiger partial charge in [-0.05, 0) is 94.2 Å². The summed E-state index contributed by atoms with van der Waals surface area (Å²) in [6.45, 7) is 11.5. The molecule has 0 fully saturated rings. The Balaban J connectivity index is 2.20. The first-order valence-electron chi connectivity index (χ1n) is 13.2. The van der Waals surface area contributed by atoms with Crippen molar-refractivity contribution < 1.29 is 32.3 Å². The van der Waals surface area contributed by atoms with Crippen molar-refractivity contribution in [2.24, 2.45) is 5.92 Å². The summed E-state index contributed by atoms with van der Waals surface area (Å²) in [5.74, 6) is -0.279. The number of nitrogens with one attached hydrogen (secondary N) is 1. The first-order chi connectivity index (χ1) is 17.7. The number of phenols is 1. The number of ether oxygens (including phenoxy) is 2. The number of rotatable bonds is 15. The van der Waals surface area contributed by atoms with Gasteiger partial charge < -0.3 is 24.4 Å². The molecule has 8 nitrogen and oxygen atoms in total. The summed E-state index contributed by atoms with van der Waals surface area (Å²) in [6.07, 6.45) is 1.50. The predicted octanol–water partition coefficient (Wildman–Crippen LogP) is 5.29. The van der Waals surface area contributed by atoms with E-state index in [9.17, 15) is 22.9 Å². The highest BCUT2D eigenvalue weighted by atomic mass is 32.2. The van der Waals surface area contributed by atoms with Crippen LogP contribution in [0.5, 0.6) is 11.5 Å². The fraction of sp³-hybridized carbons (Fsp3) is 0.552. The smallest absolute Gasteiger partial charge is 0.223 e. The van der Waals surface area contributed by atoms with Crippen LogP contribution in [-0.2, 0) is 19.6 Å². The molecule has 0 heterocycles. The monoisotopic (exact) mass is 548 g/mol. The molecule has 4 unspecified atom stereocenters. The fourth-order valence-electron chi connectivity index (χ4n) is 4.73. The van der Waals surface area contributed by atoms with Gasteiger partial charge in [-0.15, -0.1) is 0 Å². The maximum atomic E-state index is 13.2. The van der Waals surface area contributed by atoms with Crippen molar-refractivity contribution in [2.75, 3.05) is 12.4 Å². The molecule has 0 radical (unpaired) electrons. The number of phenolic OH excluding ortho intramolecular Hbond substituents is 1. The number of hydrogen-bond donors (Lipinski definition) is 2. The first-order valence-corrected chi connectivity index (χ1v) is 14.7. The second kappa shape index (κ2) is 14.0. The molecular weight excluding hydrogens is 506 g/mol. The van der Waals surface area contributed by atoms with E-state index in [1.165, 1.54) is 13.8 Å². The normalized spacial score (nSPS) is 15.3. The molecule has 0 aromatic heterocycles. The van der Waals surface area contributed by atoms with Crippen molar-refractivity contribution in [1.82, 2.24) is 5.32 Å². The molecule has 0 saturated heterocycles. The van der Waals surface area contributed by atoms with E-state index >= 15 is 0 Å². The largest absolute Gasteiger partial charge is 0.748 e. The molecule has 9 heteroatoms. The minimum atomic E-state index is -4.49. The van der Waals surface area contributed by atoms with Gasteiger partial charge in [0.15, 0.2) is 6.29 Å². The third-order valence-electron chi connectivity index (χ3n) is 6.59. The van der Waals surface area contributed by atoms with Crippen LogP contribution in [0.1, 0.15) is 83.8 Å². The number of benzene rings is 2. The van der Waals surface area contributed by atoms with E-state index in [1.54, 1.807) is 12.1 Å². The molecule has 4 atom stereocenters. The molecule has 1 amide bonds. The van der Waals surface area contributed by atoms with Crippen LogP contribution in [0.4, 0.5) is 0 Å². The van der Waals surface area contributed by atoms with Crippen molar-refractivity contribution in [3.8, 4) is 11.5 Å². The summed E-state index contributed by atoms with van der Waals surface area (Å²) in [7, 11) is -4.49. The zero-order chi connectivity index (χ0) is 28.5. The molecule has 0 spiro atoms. The summed E-state index contributed by atoms with van der Waals surface area (Å²) in [5.41, 5.74) is 0.966. The Hall–Kier alpha value is -2.62. The average molecular weight is 549 g/mol. The topological polar surface area (TPSA) is 125 Å². The van der Waals surface area contributed by atoms with Gasteiger partial charge in [-0.25, -0.2) is 8.42 Å². The average Bonchev–Trinajstić information content (AvgIpc) is 2.80. The molecule has 2 aromatic carbocycles. The second-order valence-electron chi connectivity index (χ2n) is 10.6. The van der Waals surface area contributed by atoms with Crippen LogP contribution in [0, 0.1) is 5.92 Å². The van der Waals surface area contributed by atoms with Crippen LogP contribution in [0.25, 0.3) is 0 Å². The van der Waals surface area contributed by atoms with Crippen LogP contribution in [0.15, 0.2) is 48.5 Å². The van der Waals surface area contributed by atoms with Crippen LogP contribution < -0.4 is 10.1 Å². The van der Waals surface area contributed by atoms with Crippen molar-refractivity contribution in [3.63, 3.8) is 0 Å². The number of amides is 1. The van der Waals surface area contributed by atoms with Gasteiger partial charge in [0, 0.05) is 18.1 Å². The minimum absolute atomic E-state index is 0.00144. The highest BCUT2D eigenvalue weighted by Gasteiger charge is 2.29. The summed E-state index contributed by atoms with van der Waals surface area (Å²) >= 11 is 0. The van der Waals surface area contributed by atoms with E-state index in [0.717, 1.165) is 23.3 Å². The van der Waals surface area contributed by atoms with Crippen molar-refractivity contribution in [1.29, 1.82) is 0 Å². The van der Waals surface area contributed by atoms with E-state index < -0.39 is 21.4 Å². The van der Waals surface area contributed by atoms with Gasteiger partial charge in [0.2, 0.25) is 5.91 Å². The van der Waals surface area contributed by atoms with Gasteiger partial charge in [0.05, 0.1) is 15.9 Å². The molecule has 2 rings (SSSR count). The van der Waals surface area contributed by atoms with Gasteiger partial charge >= 0.3 is 0 Å². The third-order valence-corrected chi connectivity index (χ3v) is 7.66. The van der Waals surface area contributed by atoms with Crippen molar-refractivity contribution in [2.45, 2.75) is 84.5 Å². The Labute approximate surface area is 227 Å². The van der Waals surface area contributed by atoms with E-state index in [0.29, 0.717) is 19.4 Å². The summed E-state index contributed by atoms with van der Waals surface area (Å²) in [6, 6.07) is 14.9. The lowest BCUT2D eigenvalue weighted by Crippen LogP contribution is -2.50. The first kappa shape index (κ1) is 31.6. The predicted molar refractivity (Wildman–Crippen MR) is 147 cm³/mol. The van der Waals surface area contributed by atoms with Gasteiger partial charge in [0.1, 0.15) is 11.5 Å². The lowest BCUT2D eigenvalue weighted by molar-refractivity contribution is -0.126. The van der Waals surface area contributed by atoms with E-state index in [1.807, 2.05) is 57.2 Å². The quantitative estimate of drug-likeness (QED) is 0.229. The Bertz CT molecular complexity index is 1110. The van der Waals surface area contributed by atoms with E-state index in [-0.39, 0.29) is 35.7 Å². The lowest BCUT2D eigenvalue weighted by Gasteiger charge is -2.31. The molecule has 0 bridgehead atoms. The highest BCUT2D eigenvalue weighted by Crippen LogP contribution is 2.36. The Morgan fingerprint density at radius 1 is 1.00 bits per heavy atom. The Kier molecular flexibility index (Phi) is 11.6. The van der Waals surface area contributed by atoms with Crippen LogP contribution >= 0.6 is 0 Å². The molecule has 0 aliphatic carbocycles. The van der Waals surface area contributed by atoms with Crippen LogP contribution in [-0.4, -0.2) is 48.2 Å². The lowest BCUT2D eigenvalue weighted by atomic mass is 9.80. The minimum Gasteiger partial charge on any atom is -0.748 e. The number of carbonyl (C=O) groups is 1. The van der Waals surface area contributed by atoms with Gasteiger partial charge in [0.25, 0.3) is 0 Å². The second-order valence-corrected chi connectivity index (χ2v) is 12.0. The van der Waals surface area contributed by atoms with Crippen LogP contribution in [0.3, 0.4) is 0 Å². The Morgan fingerprint density at radius 3 is 2.11 bits per heavy atom. The third kappa shape index (κ3) is 10.6. The zero-order valence-electron chi connectivity index (χ0n) is 23.3. The molecular formula is C29H42NO7S-. The molecule has 2 N–H and O–H groups in total. The van der Waals surface area contributed by atoms with Crippen molar-refractivity contribution in [3.05, 3.63) is 59.7 Å². The Morgan fingerprint density at radius 2 is 1.58 bits per heavy atom. The summed E-state index contributed by atoms with van der Waals surface area (Å²) < 4.78 is 45.0. The SMILES string of the molecule is CCOC(C)Oc1ccc(C(C)CC(CC(CC)C(=O)NC(C)(C)CS(=O)(=O)[O-])c2ccc(O)cc2)cc1. The molecule has 38 heavy (non-hydrogen) atoms. The number of carbonyl (C=O) groups excluding carboxylic acids is 1. The fourth-order valence-corrected chi connectivity index (χ4v) is 5.69. The summed E-state index contributed by atoms with van der Waals surface area (Å²) in [4.78, 5) is 13.2. The molecule has 2 aromatic rings.